The fraction of sp³-hybridized carbons (Fsp3) is 0. The van der Waals surface area contributed by atoms with Crippen LogP contribution < -0.4 is 15.9 Å². The van der Waals surface area contributed by atoms with E-state index in [2.05, 4.69) is 133 Å². The number of benzene rings is 7. The van der Waals surface area contributed by atoms with E-state index in [9.17, 15) is 0 Å². The highest BCUT2D eigenvalue weighted by molar-refractivity contribution is 7.85. The lowest BCUT2D eigenvalue weighted by Gasteiger charge is -2.20. The van der Waals surface area contributed by atoms with Crippen molar-refractivity contribution in [1.29, 1.82) is 0 Å². The van der Waals surface area contributed by atoms with Crippen LogP contribution >= 0.6 is 18.5 Å². The van der Waals surface area contributed by atoms with Crippen LogP contribution in [0.25, 0.3) is 64.9 Å². The van der Waals surface area contributed by atoms with Gasteiger partial charge in [0.05, 0.1) is 11.2 Å². The van der Waals surface area contributed by atoms with Crippen molar-refractivity contribution in [2.24, 2.45) is 0 Å². The molecule has 0 unspecified atom stereocenters. The van der Waals surface area contributed by atoms with Crippen molar-refractivity contribution in [3.05, 3.63) is 194 Å². The molecule has 2 nitrogen and oxygen atoms in total. The molecule has 0 spiro atoms. The van der Waals surface area contributed by atoms with Crippen molar-refractivity contribution in [2.45, 2.75) is 0 Å². The van der Waals surface area contributed by atoms with Crippen LogP contribution in [-0.2, 0) is 4.57 Å². The van der Waals surface area contributed by atoms with Crippen molar-refractivity contribution in [3.63, 3.8) is 0 Å². The predicted octanol–water partition coefficient (Wildman–Crippen LogP) is 11.8. The van der Waals surface area contributed by atoms with E-state index in [0.29, 0.717) is 0 Å². The summed E-state index contributed by atoms with van der Waals surface area (Å²) in [6.07, 6.45) is 0. The molecule has 0 amide bonds. The molecule has 0 N–H and O–H groups in total. The average molecular weight is 690 g/mol. The van der Waals surface area contributed by atoms with Crippen molar-refractivity contribution < 1.29 is 4.57 Å². The Morgan fingerprint density at radius 3 is 1.59 bits per heavy atom. The Morgan fingerprint density at radius 2 is 0.941 bits per heavy atom. The van der Waals surface area contributed by atoms with Crippen LogP contribution in [0.15, 0.2) is 194 Å². The molecule has 9 rings (SSSR count). The van der Waals surface area contributed by atoms with Gasteiger partial charge in [0.15, 0.2) is 7.14 Å². The first-order chi connectivity index (χ1) is 25.2. The zero-order valence-corrected chi connectivity index (χ0v) is 29.4. The predicted molar refractivity (Wildman–Crippen MR) is 218 cm³/mol. The van der Waals surface area contributed by atoms with Gasteiger partial charge >= 0.3 is 0 Å². The van der Waals surface area contributed by atoms with Gasteiger partial charge in [0.2, 0.25) is 0 Å². The Labute approximate surface area is 301 Å². The molecular weight excluding hydrogens is 658 g/mol. The van der Waals surface area contributed by atoms with Gasteiger partial charge in [-0.25, -0.2) is 4.98 Å². The molecule has 0 aliphatic rings. The van der Waals surface area contributed by atoms with E-state index in [1.807, 2.05) is 72.0 Å². The van der Waals surface area contributed by atoms with Crippen LogP contribution in [0.3, 0.4) is 0 Å². The van der Waals surface area contributed by atoms with Crippen LogP contribution in [0.2, 0.25) is 0 Å². The number of rotatable bonds is 7. The third kappa shape index (κ3) is 5.52. The van der Waals surface area contributed by atoms with Crippen LogP contribution in [0.5, 0.6) is 0 Å². The van der Waals surface area contributed by atoms with E-state index in [4.69, 9.17) is 4.98 Å². The molecule has 0 aliphatic heterocycles. The zero-order valence-electron chi connectivity index (χ0n) is 27.7. The highest BCUT2D eigenvalue weighted by atomic mass is 32.1. The Kier molecular flexibility index (Phi) is 8.01. The molecule has 9 aromatic rings. The topological polar surface area (TPSA) is 30.0 Å². The highest BCUT2D eigenvalue weighted by Crippen LogP contribution is 2.51. The summed E-state index contributed by atoms with van der Waals surface area (Å²) in [6, 6.07) is 66.5. The molecule has 2 heterocycles. The van der Waals surface area contributed by atoms with E-state index in [1.54, 1.807) is 0 Å². The number of hydrogen-bond acceptors (Lipinski definition) is 3. The van der Waals surface area contributed by atoms with Gasteiger partial charge in [-0.1, -0.05) is 182 Å². The van der Waals surface area contributed by atoms with Crippen molar-refractivity contribution in [3.8, 4) is 44.0 Å². The standard InChI is InChI=1S/C47H32NOPS/c49-50(38-22-9-3-10-23-38,39-24-11-4-12-25-39)40-30-28-35(29-31-40)46-43(37-21-15-20-36(32-37)33-16-5-1-6-17-33)44-45(34-18-7-2-8-19-34)48-42-27-14-13-26-41(42)47(44)51-46/h1-32H. The number of nitrogens with zero attached hydrogens (tertiary/aromatic N) is 1. The normalized spacial score (nSPS) is 11.6. The lowest BCUT2D eigenvalue weighted by Crippen LogP contribution is -2.24. The molecule has 4 heteroatoms. The Balaban J connectivity index is 1.31. The number of thiophene rings is 1. The minimum Gasteiger partial charge on any atom is -0.309 e. The molecule has 0 bridgehead atoms. The maximum absolute atomic E-state index is 15.2. The number of pyridine rings is 1. The first-order valence-electron chi connectivity index (χ1n) is 17.1. The second-order valence-corrected chi connectivity index (χ2v) is 16.4. The van der Waals surface area contributed by atoms with E-state index in [0.717, 1.165) is 70.6 Å². The molecule has 2 aromatic heterocycles. The van der Waals surface area contributed by atoms with Crippen LogP contribution in [-0.4, -0.2) is 4.98 Å². The fourth-order valence-electron chi connectivity index (χ4n) is 7.10. The van der Waals surface area contributed by atoms with E-state index in [1.165, 1.54) is 10.3 Å². The smallest absolute Gasteiger partial charge is 0.171 e. The van der Waals surface area contributed by atoms with Gasteiger partial charge in [-0.2, -0.15) is 0 Å². The summed E-state index contributed by atoms with van der Waals surface area (Å²) < 4.78 is 16.4. The Hall–Kier alpha value is -5.86. The minimum atomic E-state index is -3.11. The molecule has 242 valence electrons. The first-order valence-corrected chi connectivity index (χ1v) is 19.6. The van der Waals surface area contributed by atoms with Gasteiger partial charge in [0, 0.05) is 47.4 Å². The molecule has 0 fully saturated rings. The summed E-state index contributed by atoms with van der Waals surface area (Å²) in [5, 5.41) is 4.75. The zero-order chi connectivity index (χ0) is 34.2. The second-order valence-electron chi connectivity index (χ2n) is 12.6. The lowest BCUT2D eigenvalue weighted by molar-refractivity contribution is 0.592. The summed E-state index contributed by atoms with van der Waals surface area (Å²) in [5.41, 5.74) is 8.74. The van der Waals surface area contributed by atoms with Gasteiger partial charge < -0.3 is 4.57 Å². The molecule has 0 atom stereocenters. The second kappa shape index (κ2) is 13.1. The minimum absolute atomic E-state index is 0.814. The Bertz CT molecular complexity index is 2650. The molecule has 0 radical (unpaired) electrons. The number of aromatic nitrogens is 1. The number of para-hydroxylation sites is 1. The van der Waals surface area contributed by atoms with Crippen LogP contribution in [0.1, 0.15) is 0 Å². The summed E-state index contributed by atoms with van der Waals surface area (Å²) in [6.45, 7) is 0. The molecular formula is C47H32NOPS. The van der Waals surface area contributed by atoms with Gasteiger partial charge in [-0.15, -0.1) is 11.3 Å². The first kappa shape index (κ1) is 31.1. The largest absolute Gasteiger partial charge is 0.309 e. The average Bonchev–Trinajstić information content (AvgIpc) is 3.63. The van der Waals surface area contributed by atoms with E-state index in [-0.39, 0.29) is 0 Å². The summed E-state index contributed by atoms with van der Waals surface area (Å²) in [4.78, 5) is 6.49. The quantitative estimate of drug-likeness (QED) is 0.156. The summed E-state index contributed by atoms with van der Waals surface area (Å²) in [5.74, 6) is 0. The van der Waals surface area contributed by atoms with E-state index < -0.39 is 7.14 Å². The third-order valence-corrected chi connectivity index (χ3v) is 13.9. The molecule has 0 aliphatic carbocycles. The van der Waals surface area contributed by atoms with Crippen molar-refractivity contribution in [2.75, 3.05) is 0 Å². The van der Waals surface area contributed by atoms with Gasteiger partial charge in [-0.05, 0) is 34.4 Å². The summed E-state index contributed by atoms with van der Waals surface area (Å²) >= 11 is 1.81. The van der Waals surface area contributed by atoms with Crippen molar-refractivity contribution in [1.82, 2.24) is 4.98 Å². The van der Waals surface area contributed by atoms with Crippen LogP contribution in [0, 0.1) is 0 Å². The fourth-order valence-corrected chi connectivity index (χ4v) is 11.1. The number of hydrogen-bond donors (Lipinski definition) is 0. The molecule has 7 aromatic carbocycles. The highest BCUT2D eigenvalue weighted by Gasteiger charge is 2.30. The molecule has 0 saturated carbocycles. The SMILES string of the molecule is O=P(c1ccccc1)(c1ccccc1)c1ccc(-c2sc3c(c(-c4ccccc4)nc4ccccc43)c2-c2cccc(-c3ccccc3)c2)cc1. The monoisotopic (exact) mass is 689 g/mol. The molecule has 51 heavy (non-hydrogen) atoms. The maximum atomic E-state index is 15.2. The summed E-state index contributed by atoms with van der Waals surface area (Å²) in [7, 11) is -3.11. The van der Waals surface area contributed by atoms with Gasteiger partial charge in [0.1, 0.15) is 0 Å². The maximum Gasteiger partial charge on any atom is 0.171 e. The van der Waals surface area contributed by atoms with Gasteiger partial charge in [0.25, 0.3) is 0 Å². The van der Waals surface area contributed by atoms with Gasteiger partial charge in [-0.3, -0.25) is 0 Å². The third-order valence-electron chi connectivity index (χ3n) is 9.56. The lowest BCUT2D eigenvalue weighted by atomic mass is 9.93. The molecule has 0 saturated heterocycles. The number of fused-ring (bicyclic) bond motifs is 3. The van der Waals surface area contributed by atoms with Crippen molar-refractivity contribution >= 4 is 55.4 Å². The van der Waals surface area contributed by atoms with Crippen LogP contribution in [0.4, 0.5) is 0 Å². The van der Waals surface area contributed by atoms with E-state index >= 15 is 4.57 Å². The Morgan fingerprint density at radius 1 is 0.431 bits per heavy atom.